The summed E-state index contributed by atoms with van der Waals surface area (Å²) in [5.74, 6) is 0.815. The molecule has 5 heteroatoms. The van der Waals surface area contributed by atoms with E-state index in [1.54, 1.807) is 6.07 Å². The molecule has 1 aromatic carbocycles. The Morgan fingerprint density at radius 2 is 1.90 bits per heavy atom. The lowest BCUT2D eigenvalue weighted by Gasteiger charge is -2.13. The predicted molar refractivity (Wildman–Crippen MR) is 77.8 cm³/mol. The van der Waals surface area contributed by atoms with Crippen molar-refractivity contribution in [3.63, 3.8) is 0 Å². The van der Waals surface area contributed by atoms with Crippen LogP contribution in [0.15, 0.2) is 41.2 Å². The van der Waals surface area contributed by atoms with E-state index < -0.39 is 0 Å². The summed E-state index contributed by atoms with van der Waals surface area (Å²) in [5.41, 5.74) is 7.69. The van der Waals surface area contributed by atoms with E-state index in [-0.39, 0.29) is 11.6 Å². The van der Waals surface area contributed by atoms with Gasteiger partial charge >= 0.3 is 0 Å². The molecule has 20 heavy (non-hydrogen) atoms. The molecule has 1 aromatic heterocycles. The maximum Gasteiger partial charge on any atom is 0.266 e. The second kappa shape index (κ2) is 6.34. The summed E-state index contributed by atoms with van der Waals surface area (Å²) < 4.78 is 6.80. The van der Waals surface area contributed by atoms with Gasteiger partial charge in [-0.1, -0.05) is 12.1 Å². The average molecular weight is 273 g/mol. The molecule has 0 radical (unpaired) electrons. The van der Waals surface area contributed by atoms with Crippen molar-refractivity contribution in [2.45, 2.75) is 26.4 Å². The Hall–Kier alpha value is -2.14. The van der Waals surface area contributed by atoms with Crippen LogP contribution in [0.3, 0.4) is 0 Å². The molecule has 106 valence electrons. The van der Waals surface area contributed by atoms with Gasteiger partial charge in [0, 0.05) is 12.6 Å². The number of aryl methyl sites for hydroxylation is 1. The topological polar surface area (TPSA) is 70.1 Å². The summed E-state index contributed by atoms with van der Waals surface area (Å²) in [6.07, 6.45) is 0. The predicted octanol–water partition coefficient (Wildman–Crippen LogP) is 1.71. The minimum absolute atomic E-state index is 0.116. The Bertz CT molecular complexity index is 620. The molecule has 1 atom stereocenters. The molecule has 2 N–H and O–H groups in total. The van der Waals surface area contributed by atoms with Crippen molar-refractivity contribution in [3.8, 4) is 5.75 Å². The van der Waals surface area contributed by atoms with E-state index in [0.29, 0.717) is 18.8 Å². The maximum absolute atomic E-state index is 11.5. The number of nitrogens with zero attached hydrogens (tertiary/aromatic N) is 2. The SMILES string of the molecule is CCOc1ccc(C(N)c2ccc(=O)n(CC)n2)cc1. The third kappa shape index (κ3) is 3.05. The second-order valence-electron chi connectivity index (χ2n) is 4.39. The highest BCUT2D eigenvalue weighted by Gasteiger charge is 2.11. The van der Waals surface area contributed by atoms with Gasteiger partial charge in [-0.15, -0.1) is 0 Å². The fourth-order valence-electron chi connectivity index (χ4n) is 1.97. The molecule has 0 fully saturated rings. The standard InChI is InChI=1S/C15H19N3O2/c1-3-18-14(19)10-9-13(17-18)15(16)11-5-7-12(8-6-11)20-4-2/h5-10,15H,3-4,16H2,1-2H3. The van der Waals surface area contributed by atoms with Gasteiger partial charge in [0.2, 0.25) is 0 Å². The lowest BCUT2D eigenvalue weighted by molar-refractivity contribution is 0.340. The van der Waals surface area contributed by atoms with Gasteiger partial charge in [0.15, 0.2) is 0 Å². The quantitative estimate of drug-likeness (QED) is 0.900. The lowest BCUT2D eigenvalue weighted by atomic mass is 10.0. The first kappa shape index (κ1) is 14.3. The van der Waals surface area contributed by atoms with Gasteiger partial charge < -0.3 is 10.5 Å². The van der Waals surface area contributed by atoms with Crippen LogP contribution in [0.1, 0.15) is 31.1 Å². The zero-order chi connectivity index (χ0) is 14.5. The van der Waals surface area contributed by atoms with E-state index >= 15 is 0 Å². The Morgan fingerprint density at radius 1 is 1.20 bits per heavy atom. The normalized spacial score (nSPS) is 12.2. The largest absolute Gasteiger partial charge is 0.494 e. The van der Waals surface area contributed by atoms with E-state index in [1.165, 1.54) is 10.7 Å². The number of rotatable bonds is 5. The number of ether oxygens (including phenoxy) is 1. The monoisotopic (exact) mass is 273 g/mol. The van der Waals surface area contributed by atoms with Crippen molar-refractivity contribution >= 4 is 0 Å². The van der Waals surface area contributed by atoms with Crippen LogP contribution in [0.5, 0.6) is 5.75 Å². The van der Waals surface area contributed by atoms with E-state index in [2.05, 4.69) is 5.10 Å². The van der Waals surface area contributed by atoms with E-state index in [0.717, 1.165) is 11.3 Å². The number of benzene rings is 1. The first-order valence-electron chi connectivity index (χ1n) is 6.72. The summed E-state index contributed by atoms with van der Waals surface area (Å²) >= 11 is 0. The van der Waals surface area contributed by atoms with Crippen LogP contribution in [0.25, 0.3) is 0 Å². The first-order chi connectivity index (χ1) is 9.65. The molecule has 1 unspecified atom stereocenters. The second-order valence-corrected chi connectivity index (χ2v) is 4.39. The van der Waals surface area contributed by atoms with Crippen molar-refractivity contribution in [1.82, 2.24) is 9.78 Å². The van der Waals surface area contributed by atoms with Crippen LogP contribution < -0.4 is 16.0 Å². The summed E-state index contributed by atoms with van der Waals surface area (Å²) in [6.45, 7) is 4.98. The van der Waals surface area contributed by atoms with Crippen molar-refractivity contribution in [3.05, 3.63) is 58.0 Å². The summed E-state index contributed by atoms with van der Waals surface area (Å²) in [4.78, 5) is 11.5. The highest BCUT2D eigenvalue weighted by molar-refractivity contribution is 5.32. The van der Waals surface area contributed by atoms with Gasteiger partial charge in [-0.3, -0.25) is 4.79 Å². The molecule has 2 aromatic rings. The van der Waals surface area contributed by atoms with Gasteiger partial charge in [-0.2, -0.15) is 5.10 Å². The fourth-order valence-corrected chi connectivity index (χ4v) is 1.97. The van der Waals surface area contributed by atoms with Gasteiger partial charge in [0.05, 0.1) is 18.3 Å². The van der Waals surface area contributed by atoms with Crippen molar-refractivity contribution in [2.75, 3.05) is 6.61 Å². The van der Waals surface area contributed by atoms with Gasteiger partial charge in [0.25, 0.3) is 5.56 Å². The van der Waals surface area contributed by atoms with Gasteiger partial charge in [-0.05, 0) is 37.6 Å². The highest BCUT2D eigenvalue weighted by atomic mass is 16.5. The van der Waals surface area contributed by atoms with E-state index in [4.69, 9.17) is 10.5 Å². The molecule has 0 aliphatic heterocycles. The number of hydrogen-bond acceptors (Lipinski definition) is 4. The molecule has 0 aliphatic carbocycles. The third-order valence-corrected chi connectivity index (χ3v) is 3.06. The molecule has 0 aliphatic rings. The zero-order valence-electron chi connectivity index (χ0n) is 11.7. The highest BCUT2D eigenvalue weighted by Crippen LogP contribution is 2.20. The third-order valence-electron chi connectivity index (χ3n) is 3.06. The molecule has 0 saturated carbocycles. The molecule has 5 nitrogen and oxygen atoms in total. The summed E-state index contributed by atoms with van der Waals surface area (Å²) in [6, 6.07) is 10.4. The molecular formula is C15H19N3O2. The number of hydrogen-bond donors (Lipinski definition) is 1. The average Bonchev–Trinajstić information content (AvgIpc) is 2.48. The number of nitrogens with two attached hydrogens (primary N) is 1. The van der Waals surface area contributed by atoms with E-state index in [9.17, 15) is 4.79 Å². The van der Waals surface area contributed by atoms with Crippen molar-refractivity contribution in [1.29, 1.82) is 0 Å². The van der Waals surface area contributed by atoms with Crippen molar-refractivity contribution in [2.24, 2.45) is 5.73 Å². The lowest BCUT2D eigenvalue weighted by Crippen LogP contribution is -2.25. The summed E-state index contributed by atoms with van der Waals surface area (Å²) in [7, 11) is 0. The maximum atomic E-state index is 11.5. The van der Waals surface area contributed by atoms with E-state index in [1.807, 2.05) is 38.1 Å². The Morgan fingerprint density at radius 3 is 2.50 bits per heavy atom. The zero-order valence-corrected chi connectivity index (χ0v) is 11.7. The molecule has 1 heterocycles. The number of aromatic nitrogens is 2. The Balaban J connectivity index is 2.26. The van der Waals surface area contributed by atoms with Gasteiger partial charge in [-0.25, -0.2) is 4.68 Å². The van der Waals surface area contributed by atoms with Crippen LogP contribution in [-0.2, 0) is 6.54 Å². The van der Waals surface area contributed by atoms with Crippen LogP contribution in [-0.4, -0.2) is 16.4 Å². The van der Waals surface area contributed by atoms with Crippen LogP contribution >= 0.6 is 0 Å². The van der Waals surface area contributed by atoms with Crippen LogP contribution in [0.2, 0.25) is 0 Å². The van der Waals surface area contributed by atoms with Crippen LogP contribution in [0.4, 0.5) is 0 Å². The Labute approximate surface area is 118 Å². The summed E-state index contributed by atoms with van der Waals surface area (Å²) in [5, 5.41) is 4.27. The van der Waals surface area contributed by atoms with Gasteiger partial charge in [0.1, 0.15) is 5.75 Å². The molecule has 0 amide bonds. The minimum Gasteiger partial charge on any atom is -0.494 e. The molecule has 2 rings (SSSR count). The molecular weight excluding hydrogens is 254 g/mol. The smallest absolute Gasteiger partial charge is 0.266 e. The molecule has 0 bridgehead atoms. The fraction of sp³-hybridized carbons (Fsp3) is 0.333. The molecule has 0 saturated heterocycles. The van der Waals surface area contributed by atoms with Crippen LogP contribution in [0, 0.1) is 0 Å². The first-order valence-corrected chi connectivity index (χ1v) is 6.72. The molecule has 0 spiro atoms. The minimum atomic E-state index is -0.357. The Kier molecular flexibility index (Phi) is 4.53. The van der Waals surface area contributed by atoms with Crippen molar-refractivity contribution < 1.29 is 4.74 Å².